The highest BCUT2D eigenvalue weighted by Gasteiger charge is 2.80. The molecule has 0 nitrogen and oxygen atoms in total. The van der Waals surface area contributed by atoms with Crippen molar-refractivity contribution in [3.8, 4) is 0 Å². The summed E-state index contributed by atoms with van der Waals surface area (Å²) in [7, 11) is 0. The molecule has 0 amide bonds. The van der Waals surface area contributed by atoms with Gasteiger partial charge >= 0.3 is 0 Å². The highest BCUT2D eigenvalue weighted by Crippen LogP contribution is 2.83. The van der Waals surface area contributed by atoms with Gasteiger partial charge in [0.05, 0.1) is 0 Å². The number of fused-ring (bicyclic) bond motifs is 3. The fourth-order valence-electron chi connectivity index (χ4n) is 5.99. The van der Waals surface area contributed by atoms with Crippen LogP contribution in [0.2, 0.25) is 0 Å². The molecule has 4 atom stereocenters. The van der Waals surface area contributed by atoms with E-state index in [9.17, 15) is 0 Å². The van der Waals surface area contributed by atoms with E-state index >= 15 is 0 Å². The van der Waals surface area contributed by atoms with Crippen LogP contribution in [0, 0.1) is 0 Å². The topological polar surface area (TPSA) is 0 Å². The Hall–Kier alpha value is -2.34. The second-order valence-corrected chi connectivity index (χ2v) is 7.59. The van der Waals surface area contributed by atoms with E-state index in [0.717, 1.165) is 0 Å². The van der Waals surface area contributed by atoms with Crippen LogP contribution in [0.4, 0.5) is 0 Å². The second kappa shape index (κ2) is 4.60. The molecule has 1 fully saturated rings. The van der Waals surface area contributed by atoms with Crippen molar-refractivity contribution in [2.24, 2.45) is 0 Å². The minimum Gasteiger partial charge on any atom is -0.0622 e. The van der Waals surface area contributed by atoms with Crippen molar-refractivity contribution in [3.63, 3.8) is 0 Å². The fourth-order valence-corrected chi connectivity index (χ4v) is 5.99. The first-order chi connectivity index (χ1) is 11.7. The molecule has 2 aliphatic rings. The molecule has 118 valence electrons. The molecule has 0 aromatic heterocycles. The monoisotopic (exact) mass is 310 g/mol. The van der Waals surface area contributed by atoms with Crippen LogP contribution in [-0.4, -0.2) is 0 Å². The van der Waals surface area contributed by atoms with E-state index in [1.807, 2.05) is 0 Å². The zero-order valence-electron chi connectivity index (χ0n) is 14.2. The largest absolute Gasteiger partial charge is 0.0622 e. The van der Waals surface area contributed by atoms with Gasteiger partial charge in [-0.1, -0.05) is 98.8 Å². The lowest BCUT2D eigenvalue weighted by Gasteiger charge is -2.24. The Balaban J connectivity index is 1.80. The Morgan fingerprint density at radius 3 is 2.00 bits per heavy atom. The summed E-state index contributed by atoms with van der Waals surface area (Å²) in [4.78, 5) is 0. The van der Waals surface area contributed by atoms with Crippen molar-refractivity contribution in [2.45, 2.75) is 36.5 Å². The summed E-state index contributed by atoms with van der Waals surface area (Å²) in [6, 6.07) is 31.4. The van der Waals surface area contributed by atoms with Gasteiger partial charge in [-0.2, -0.15) is 0 Å². The first-order valence-corrected chi connectivity index (χ1v) is 8.92. The van der Waals surface area contributed by atoms with Crippen LogP contribution in [-0.2, 0) is 10.8 Å². The molecule has 1 saturated carbocycles. The smallest absolute Gasteiger partial charge is 0.0197 e. The zero-order chi connectivity index (χ0) is 16.4. The lowest BCUT2D eigenvalue weighted by atomic mass is 9.78. The predicted molar refractivity (Wildman–Crippen MR) is 99.5 cm³/mol. The second-order valence-electron chi connectivity index (χ2n) is 7.59. The van der Waals surface area contributed by atoms with Gasteiger partial charge in [0.25, 0.3) is 0 Å². The molecule has 1 unspecified atom stereocenters. The highest BCUT2D eigenvalue weighted by molar-refractivity contribution is 5.68. The molecule has 0 bridgehead atoms. The quantitative estimate of drug-likeness (QED) is 0.561. The number of hydrogen-bond donors (Lipinski definition) is 0. The SMILES string of the molecule is CC1c2ccccc2[C@@]2(C)[C@H](c3ccccc3)[C@@]12c1ccccc1. The first-order valence-electron chi connectivity index (χ1n) is 8.92. The Labute approximate surface area is 144 Å². The van der Waals surface area contributed by atoms with Crippen molar-refractivity contribution < 1.29 is 0 Å². The molecule has 3 aromatic rings. The highest BCUT2D eigenvalue weighted by atomic mass is 14.8. The molecule has 24 heavy (non-hydrogen) atoms. The first kappa shape index (κ1) is 14.0. The van der Waals surface area contributed by atoms with Crippen LogP contribution in [0.15, 0.2) is 84.9 Å². The number of benzene rings is 3. The van der Waals surface area contributed by atoms with Gasteiger partial charge in [0.15, 0.2) is 0 Å². The predicted octanol–water partition coefficient (Wildman–Crippen LogP) is 5.80. The lowest BCUT2D eigenvalue weighted by Crippen LogP contribution is -2.19. The summed E-state index contributed by atoms with van der Waals surface area (Å²) in [5.74, 6) is 1.09. The summed E-state index contributed by atoms with van der Waals surface area (Å²) in [6.07, 6.45) is 0. The standard InChI is InChI=1S/C24H22/c1-17-20-15-9-10-16-21(20)23(2)22(18-11-5-3-6-12-18)24(17,23)19-13-7-4-8-14-19/h3-17,22H,1-2H3/t17?,22-,23-,24-/m0/s1. The molecule has 5 rings (SSSR count). The van der Waals surface area contributed by atoms with E-state index < -0.39 is 0 Å². The van der Waals surface area contributed by atoms with Crippen LogP contribution in [0.3, 0.4) is 0 Å². The summed E-state index contributed by atoms with van der Waals surface area (Å²) >= 11 is 0. The average Bonchev–Trinajstić information content (AvgIpc) is 3.18. The molecule has 0 spiro atoms. The van der Waals surface area contributed by atoms with Gasteiger partial charge < -0.3 is 0 Å². The van der Waals surface area contributed by atoms with E-state index in [1.54, 1.807) is 5.56 Å². The third-order valence-electron chi connectivity index (χ3n) is 6.86. The summed E-state index contributed by atoms with van der Waals surface area (Å²) < 4.78 is 0. The molecular weight excluding hydrogens is 288 g/mol. The lowest BCUT2D eigenvalue weighted by molar-refractivity contribution is 0.530. The maximum Gasteiger partial charge on any atom is 0.0197 e. The van der Waals surface area contributed by atoms with E-state index in [2.05, 4.69) is 98.8 Å². The minimum atomic E-state index is 0.180. The molecule has 0 saturated heterocycles. The molecule has 0 radical (unpaired) electrons. The van der Waals surface area contributed by atoms with Crippen LogP contribution in [0.25, 0.3) is 0 Å². The molecule has 3 aromatic carbocycles. The van der Waals surface area contributed by atoms with Gasteiger partial charge in [-0.3, -0.25) is 0 Å². The maximum absolute atomic E-state index is 2.49. The van der Waals surface area contributed by atoms with Crippen LogP contribution in [0.5, 0.6) is 0 Å². The summed E-state index contributed by atoms with van der Waals surface area (Å²) in [6.45, 7) is 4.92. The van der Waals surface area contributed by atoms with Gasteiger partial charge in [-0.05, 0) is 28.2 Å². The third kappa shape index (κ3) is 1.41. The van der Waals surface area contributed by atoms with Crippen LogP contribution >= 0.6 is 0 Å². The molecule has 2 aliphatic carbocycles. The van der Waals surface area contributed by atoms with Gasteiger partial charge in [0, 0.05) is 16.7 Å². The zero-order valence-corrected chi connectivity index (χ0v) is 14.2. The van der Waals surface area contributed by atoms with Crippen molar-refractivity contribution in [2.75, 3.05) is 0 Å². The van der Waals surface area contributed by atoms with Gasteiger partial charge in [-0.15, -0.1) is 0 Å². The Morgan fingerprint density at radius 1 is 0.708 bits per heavy atom. The Bertz CT molecular complexity index is 896. The van der Waals surface area contributed by atoms with Crippen LogP contribution in [0.1, 0.15) is 47.9 Å². The third-order valence-corrected chi connectivity index (χ3v) is 6.86. The van der Waals surface area contributed by atoms with Crippen molar-refractivity contribution in [1.29, 1.82) is 0 Å². The van der Waals surface area contributed by atoms with E-state index in [-0.39, 0.29) is 10.8 Å². The van der Waals surface area contributed by atoms with Crippen LogP contribution < -0.4 is 0 Å². The van der Waals surface area contributed by atoms with E-state index in [1.165, 1.54) is 16.7 Å². The molecule has 0 heterocycles. The number of rotatable bonds is 2. The molecule has 0 heteroatoms. The minimum absolute atomic E-state index is 0.180. The molecular formula is C24H22. The van der Waals surface area contributed by atoms with E-state index in [4.69, 9.17) is 0 Å². The summed E-state index contributed by atoms with van der Waals surface area (Å²) in [5, 5.41) is 0. The summed E-state index contributed by atoms with van der Waals surface area (Å²) in [5.41, 5.74) is 6.42. The Kier molecular flexibility index (Phi) is 2.69. The number of hydrogen-bond acceptors (Lipinski definition) is 0. The maximum atomic E-state index is 2.49. The van der Waals surface area contributed by atoms with Gasteiger partial charge in [0.2, 0.25) is 0 Å². The normalized spacial score (nSPS) is 32.9. The molecule has 0 N–H and O–H groups in total. The fraction of sp³-hybridized carbons (Fsp3) is 0.250. The van der Waals surface area contributed by atoms with Crippen molar-refractivity contribution in [1.82, 2.24) is 0 Å². The van der Waals surface area contributed by atoms with Gasteiger partial charge in [-0.25, -0.2) is 0 Å². The molecule has 0 aliphatic heterocycles. The van der Waals surface area contributed by atoms with Crippen molar-refractivity contribution in [3.05, 3.63) is 107 Å². The Morgan fingerprint density at radius 2 is 1.29 bits per heavy atom. The average molecular weight is 310 g/mol. The van der Waals surface area contributed by atoms with E-state index in [0.29, 0.717) is 11.8 Å². The van der Waals surface area contributed by atoms with Gasteiger partial charge in [0.1, 0.15) is 0 Å². The van der Waals surface area contributed by atoms with Crippen molar-refractivity contribution >= 4 is 0 Å².